The normalized spacial score (nSPS) is 14.3. The van der Waals surface area contributed by atoms with Gasteiger partial charge in [0.2, 0.25) is 0 Å². The van der Waals surface area contributed by atoms with Crippen LogP contribution in [-0.2, 0) is 4.74 Å². The second-order valence-corrected chi connectivity index (χ2v) is 5.11. The van der Waals surface area contributed by atoms with Gasteiger partial charge < -0.3 is 25.3 Å². The molecule has 0 radical (unpaired) electrons. The van der Waals surface area contributed by atoms with Crippen LogP contribution < -0.4 is 20.5 Å². The van der Waals surface area contributed by atoms with Crippen molar-refractivity contribution in [2.24, 2.45) is 10.7 Å². The number of rotatable bonds is 6. The molecule has 1 heterocycles. The van der Waals surface area contributed by atoms with Crippen LogP contribution in [0, 0.1) is 0 Å². The third kappa shape index (κ3) is 5.29. The minimum atomic E-state index is 0.341. The van der Waals surface area contributed by atoms with Gasteiger partial charge in [0.05, 0.1) is 33.0 Å². The van der Waals surface area contributed by atoms with E-state index in [-0.39, 0.29) is 0 Å². The molecule has 1 aromatic carbocycles. The van der Waals surface area contributed by atoms with Crippen molar-refractivity contribution in [3.63, 3.8) is 0 Å². The van der Waals surface area contributed by atoms with Crippen LogP contribution in [0.25, 0.3) is 0 Å². The number of benzene rings is 1. The molecule has 6 nitrogen and oxygen atoms in total. The number of aliphatic imine (C=N–C) groups is 1. The van der Waals surface area contributed by atoms with E-state index in [2.05, 4.69) is 16.9 Å². The summed E-state index contributed by atoms with van der Waals surface area (Å²) in [7, 11) is 0. The third-order valence-electron chi connectivity index (χ3n) is 2.89. The molecule has 0 spiro atoms. The lowest BCUT2D eigenvalue weighted by Crippen LogP contribution is -2.23. The summed E-state index contributed by atoms with van der Waals surface area (Å²) in [6, 6.07) is 5.61. The minimum absolute atomic E-state index is 0.341. The van der Waals surface area contributed by atoms with Crippen LogP contribution in [0.3, 0.4) is 0 Å². The summed E-state index contributed by atoms with van der Waals surface area (Å²) >= 11 is 0. The number of nitrogens with zero attached hydrogens (tertiary/aromatic N) is 1. The molecule has 1 aliphatic rings. The van der Waals surface area contributed by atoms with Crippen LogP contribution in [0.4, 0.5) is 5.69 Å². The van der Waals surface area contributed by atoms with Crippen LogP contribution in [0.1, 0.15) is 13.3 Å². The number of nitrogens with one attached hydrogen (secondary N) is 1. The highest BCUT2D eigenvalue weighted by Gasteiger charge is 2.10. The molecule has 0 atom stereocenters. The molecule has 0 aromatic heterocycles. The maximum absolute atomic E-state index is 5.85. The Morgan fingerprint density at radius 3 is 2.91 bits per heavy atom. The molecule has 0 unspecified atom stereocenters. The number of guanidine groups is 1. The molecule has 3 N–H and O–H groups in total. The molecule has 0 fully saturated rings. The lowest BCUT2D eigenvalue weighted by atomic mass is 10.3. The molecule has 0 aliphatic carbocycles. The van der Waals surface area contributed by atoms with Gasteiger partial charge in [0.25, 0.3) is 0 Å². The molecule has 0 amide bonds. The minimum Gasteiger partial charge on any atom is -0.490 e. The van der Waals surface area contributed by atoms with E-state index in [1.807, 2.05) is 25.1 Å². The first-order valence-electron chi connectivity index (χ1n) is 7.34. The summed E-state index contributed by atoms with van der Waals surface area (Å²) in [4.78, 5) is 4.20. The van der Waals surface area contributed by atoms with Gasteiger partial charge in [0.15, 0.2) is 17.5 Å². The largest absolute Gasteiger partial charge is 0.490 e. The highest BCUT2D eigenvalue weighted by Crippen LogP contribution is 2.32. The van der Waals surface area contributed by atoms with Gasteiger partial charge >= 0.3 is 0 Å². The number of hydrogen-bond donors (Lipinski definition) is 2. The van der Waals surface area contributed by atoms with E-state index in [0.29, 0.717) is 38.9 Å². The average Bonchev–Trinajstić information content (AvgIpc) is 2.71. The fourth-order valence-corrected chi connectivity index (χ4v) is 1.91. The Hall–Kier alpha value is -2.21. The van der Waals surface area contributed by atoms with E-state index in [4.69, 9.17) is 19.9 Å². The first kappa shape index (κ1) is 16.2. The Bertz CT molecular complexity index is 543. The first-order chi connectivity index (χ1) is 10.6. The maximum Gasteiger partial charge on any atom is 0.193 e. The molecule has 120 valence electrons. The van der Waals surface area contributed by atoms with E-state index in [9.17, 15) is 0 Å². The summed E-state index contributed by atoms with van der Waals surface area (Å²) in [6.45, 7) is 8.57. The number of anilines is 1. The zero-order valence-corrected chi connectivity index (χ0v) is 12.9. The van der Waals surface area contributed by atoms with E-state index >= 15 is 0 Å². The number of fused-ring (bicyclic) bond motifs is 1. The Morgan fingerprint density at radius 2 is 2.14 bits per heavy atom. The van der Waals surface area contributed by atoms with Gasteiger partial charge in [0, 0.05) is 18.2 Å². The monoisotopic (exact) mass is 305 g/mol. The summed E-state index contributed by atoms with van der Waals surface area (Å²) in [5, 5.41) is 3.03. The van der Waals surface area contributed by atoms with Crippen molar-refractivity contribution >= 4 is 11.6 Å². The van der Waals surface area contributed by atoms with E-state index < -0.39 is 0 Å². The van der Waals surface area contributed by atoms with Gasteiger partial charge in [-0.05, 0) is 19.1 Å². The van der Waals surface area contributed by atoms with Gasteiger partial charge in [-0.15, -0.1) is 0 Å². The molecular weight excluding hydrogens is 282 g/mol. The quantitative estimate of drug-likeness (QED) is 0.364. The predicted molar refractivity (Wildman–Crippen MR) is 87.8 cm³/mol. The maximum atomic E-state index is 5.85. The van der Waals surface area contributed by atoms with Crippen LogP contribution in [0.15, 0.2) is 35.3 Å². The van der Waals surface area contributed by atoms with Crippen molar-refractivity contribution in [1.82, 2.24) is 0 Å². The molecule has 1 aromatic rings. The van der Waals surface area contributed by atoms with E-state index in [1.165, 1.54) is 0 Å². The fourth-order valence-electron chi connectivity index (χ4n) is 1.91. The van der Waals surface area contributed by atoms with E-state index in [0.717, 1.165) is 29.2 Å². The van der Waals surface area contributed by atoms with Gasteiger partial charge in [0.1, 0.15) is 0 Å². The second-order valence-electron chi connectivity index (χ2n) is 5.11. The highest BCUT2D eigenvalue weighted by molar-refractivity contribution is 5.92. The second kappa shape index (κ2) is 8.29. The molecular formula is C16H23N3O3. The van der Waals surface area contributed by atoms with Crippen molar-refractivity contribution in [3.8, 4) is 11.5 Å². The highest BCUT2D eigenvalue weighted by atomic mass is 16.5. The first-order valence-corrected chi connectivity index (χ1v) is 7.34. The summed E-state index contributed by atoms with van der Waals surface area (Å²) in [6.07, 6.45) is 0.880. The molecule has 2 rings (SSSR count). The zero-order chi connectivity index (χ0) is 15.8. The SMILES string of the molecule is C=C(C)COCCN=C(N)Nc1ccc2c(c1)OCCCO2. The van der Waals surface area contributed by atoms with Crippen molar-refractivity contribution in [3.05, 3.63) is 30.4 Å². The van der Waals surface area contributed by atoms with Crippen molar-refractivity contribution < 1.29 is 14.2 Å². The van der Waals surface area contributed by atoms with Crippen LogP contribution in [0.2, 0.25) is 0 Å². The fraction of sp³-hybridized carbons (Fsp3) is 0.438. The molecule has 0 bridgehead atoms. The van der Waals surface area contributed by atoms with Gasteiger partial charge in [-0.25, -0.2) is 0 Å². The van der Waals surface area contributed by atoms with Crippen molar-refractivity contribution in [2.75, 3.05) is 38.3 Å². The number of nitrogens with two attached hydrogens (primary N) is 1. The molecule has 6 heteroatoms. The topological polar surface area (TPSA) is 78.1 Å². The average molecular weight is 305 g/mol. The lowest BCUT2D eigenvalue weighted by molar-refractivity contribution is 0.165. The number of hydrogen-bond acceptors (Lipinski definition) is 4. The Kier molecular flexibility index (Phi) is 6.09. The Labute approximate surface area is 131 Å². The third-order valence-corrected chi connectivity index (χ3v) is 2.89. The van der Waals surface area contributed by atoms with Crippen molar-refractivity contribution in [1.29, 1.82) is 0 Å². The Morgan fingerprint density at radius 1 is 1.36 bits per heavy atom. The zero-order valence-electron chi connectivity index (χ0n) is 12.9. The summed E-state index contributed by atoms with van der Waals surface area (Å²) in [5.41, 5.74) is 7.65. The molecule has 22 heavy (non-hydrogen) atoms. The predicted octanol–water partition coefficient (Wildman–Crippen LogP) is 2.17. The van der Waals surface area contributed by atoms with Gasteiger partial charge in [-0.3, -0.25) is 4.99 Å². The Balaban J connectivity index is 1.84. The number of ether oxygens (including phenoxy) is 3. The van der Waals surface area contributed by atoms with Crippen LogP contribution in [-0.4, -0.2) is 38.9 Å². The van der Waals surface area contributed by atoms with Gasteiger partial charge in [-0.2, -0.15) is 0 Å². The molecule has 1 aliphatic heterocycles. The van der Waals surface area contributed by atoms with E-state index in [1.54, 1.807) is 0 Å². The van der Waals surface area contributed by atoms with Crippen molar-refractivity contribution in [2.45, 2.75) is 13.3 Å². The smallest absolute Gasteiger partial charge is 0.193 e. The van der Waals surface area contributed by atoms with Crippen LogP contribution in [0.5, 0.6) is 11.5 Å². The summed E-state index contributed by atoms with van der Waals surface area (Å²) in [5.74, 6) is 1.82. The standard InChI is InChI=1S/C16H23N3O3/c1-12(2)11-20-9-6-18-16(17)19-13-4-5-14-15(10-13)22-8-3-7-21-14/h4-5,10H,1,3,6-9,11H2,2H3,(H3,17,18,19). The van der Waals surface area contributed by atoms with Gasteiger partial charge in [-0.1, -0.05) is 12.2 Å². The molecule has 0 saturated carbocycles. The summed E-state index contributed by atoms with van der Waals surface area (Å²) < 4.78 is 16.6. The molecule has 0 saturated heterocycles. The van der Waals surface area contributed by atoms with Crippen LogP contribution >= 0.6 is 0 Å². The lowest BCUT2D eigenvalue weighted by Gasteiger charge is -2.10.